The van der Waals surface area contributed by atoms with Crippen molar-refractivity contribution in [2.24, 2.45) is 16.4 Å². The topological polar surface area (TPSA) is 44.7 Å². The van der Waals surface area contributed by atoms with Crippen molar-refractivity contribution in [3.63, 3.8) is 0 Å². The summed E-state index contributed by atoms with van der Waals surface area (Å²) in [4.78, 5) is 13.5. The molecule has 0 saturated carbocycles. The zero-order valence-electron chi connectivity index (χ0n) is 19.8. The summed E-state index contributed by atoms with van der Waals surface area (Å²) >= 11 is 0. The number of para-hydroxylation sites is 1. The van der Waals surface area contributed by atoms with Gasteiger partial charge in [0.25, 0.3) is 0 Å². The number of amides is 1. The minimum atomic E-state index is -0.403. The molecule has 1 amide bonds. The van der Waals surface area contributed by atoms with Gasteiger partial charge < -0.3 is 5.32 Å². The first kappa shape index (κ1) is 24.0. The van der Waals surface area contributed by atoms with Crippen LogP contribution in [0.1, 0.15) is 65.4 Å². The first-order chi connectivity index (χ1) is 15.4. The fourth-order valence-corrected chi connectivity index (χ4v) is 4.21. The number of hydrogen-bond donors (Lipinski definition) is 1. The number of hydrogen-bond acceptors (Lipinski definition) is 3. The average molecular weight is 438 g/mol. The van der Waals surface area contributed by atoms with Gasteiger partial charge in [0, 0.05) is 6.54 Å². The Morgan fingerprint density at radius 1 is 1.09 bits per heavy atom. The van der Waals surface area contributed by atoms with E-state index in [1.807, 2.05) is 35.3 Å². The van der Waals surface area contributed by atoms with Crippen LogP contribution in [0.5, 0.6) is 0 Å². The fraction of sp³-hybridized carbons (Fsp3) is 0.481. The lowest BCUT2D eigenvalue weighted by Crippen LogP contribution is -2.44. The van der Waals surface area contributed by atoms with E-state index in [4.69, 9.17) is 5.10 Å². The van der Waals surface area contributed by atoms with Gasteiger partial charge in [-0.2, -0.15) is 5.10 Å². The van der Waals surface area contributed by atoms with Crippen molar-refractivity contribution in [2.45, 2.75) is 65.8 Å². The minimum absolute atomic E-state index is 0.000685. The maximum absolute atomic E-state index is 13.6. The second-order valence-corrected chi connectivity index (χ2v) is 9.42. The molecule has 32 heavy (non-hydrogen) atoms. The largest absolute Gasteiger partial charge is 0.355 e. The van der Waals surface area contributed by atoms with E-state index >= 15 is 0 Å². The van der Waals surface area contributed by atoms with E-state index in [1.165, 1.54) is 12.1 Å². The molecule has 0 bridgehead atoms. The number of nitrogens with one attached hydrogen (secondary N) is 1. The lowest BCUT2D eigenvalue weighted by Gasteiger charge is -2.27. The van der Waals surface area contributed by atoms with Crippen LogP contribution in [0.4, 0.5) is 10.1 Å². The van der Waals surface area contributed by atoms with Gasteiger partial charge in [0.05, 0.1) is 17.4 Å². The van der Waals surface area contributed by atoms with E-state index in [9.17, 15) is 9.18 Å². The van der Waals surface area contributed by atoms with Gasteiger partial charge in [0.2, 0.25) is 5.91 Å². The van der Waals surface area contributed by atoms with Crippen LogP contribution in [-0.4, -0.2) is 24.2 Å². The van der Waals surface area contributed by atoms with Gasteiger partial charge >= 0.3 is 0 Å². The molecular weight excluding hydrogens is 401 g/mol. The normalized spacial score (nSPS) is 18.5. The first-order valence-corrected chi connectivity index (χ1v) is 11.8. The molecule has 2 atom stereocenters. The molecule has 0 fully saturated rings. The Morgan fingerprint density at radius 2 is 1.78 bits per heavy atom. The summed E-state index contributed by atoms with van der Waals surface area (Å²) < 4.78 is 13.6. The number of benzene rings is 2. The SMILES string of the molecule is CCCC1C(C(=O)NCCCC(C)(C)CC)C(c2ccc(F)cc2)=NN1c1ccccc1. The number of rotatable bonds is 10. The lowest BCUT2D eigenvalue weighted by atomic mass is 9.85. The molecule has 0 radical (unpaired) electrons. The smallest absolute Gasteiger partial charge is 0.231 e. The molecule has 0 saturated heterocycles. The Morgan fingerprint density at radius 3 is 2.41 bits per heavy atom. The molecular formula is C27H36FN3O. The highest BCUT2D eigenvalue weighted by atomic mass is 19.1. The predicted molar refractivity (Wildman–Crippen MR) is 130 cm³/mol. The van der Waals surface area contributed by atoms with Crippen LogP contribution in [0, 0.1) is 17.2 Å². The summed E-state index contributed by atoms with van der Waals surface area (Å²) in [7, 11) is 0. The van der Waals surface area contributed by atoms with Crippen molar-refractivity contribution in [3.05, 3.63) is 66.0 Å². The molecule has 1 aliphatic rings. The highest BCUT2D eigenvalue weighted by molar-refractivity contribution is 6.15. The fourth-order valence-electron chi connectivity index (χ4n) is 4.21. The van der Waals surface area contributed by atoms with Gasteiger partial charge in [-0.25, -0.2) is 4.39 Å². The maximum Gasteiger partial charge on any atom is 0.231 e. The van der Waals surface area contributed by atoms with E-state index in [-0.39, 0.29) is 23.2 Å². The highest BCUT2D eigenvalue weighted by Gasteiger charge is 2.42. The number of anilines is 1. The Hall–Kier alpha value is -2.69. The Bertz CT molecular complexity index is 908. The first-order valence-electron chi connectivity index (χ1n) is 11.8. The molecule has 0 spiro atoms. The zero-order chi connectivity index (χ0) is 23.1. The highest BCUT2D eigenvalue weighted by Crippen LogP contribution is 2.34. The molecule has 2 unspecified atom stereocenters. The summed E-state index contributed by atoms with van der Waals surface area (Å²) in [5.41, 5.74) is 2.75. The molecule has 4 nitrogen and oxygen atoms in total. The van der Waals surface area contributed by atoms with Crippen LogP contribution in [0.3, 0.4) is 0 Å². The summed E-state index contributed by atoms with van der Waals surface area (Å²) in [6.07, 6.45) is 4.92. The molecule has 2 aromatic carbocycles. The molecule has 0 aromatic heterocycles. The number of halogens is 1. The zero-order valence-corrected chi connectivity index (χ0v) is 19.8. The van der Waals surface area contributed by atoms with Gasteiger partial charge in [-0.15, -0.1) is 0 Å². The van der Waals surface area contributed by atoms with Crippen LogP contribution in [0.25, 0.3) is 0 Å². The Balaban J connectivity index is 1.86. The van der Waals surface area contributed by atoms with E-state index in [0.717, 1.165) is 43.4 Å². The summed E-state index contributed by atoms with van der Waals surface area (Å²) in [6.45, 7) is 9.51. The minimum Gasteiger partial charge on any atom is -0.355 e. The maximum atomic E-state index is 13.6. The summed E-state index contributed by atoms with van der Waals surface area (Å²) in [5.74, 6) is -0.698. The van der Waals surface area contributed by atoms with Crippen molar-refractivity contribution < 1.29 is 9.18 Å². The van der Waals surface area contributed by atoms with Crippen molar-refractivity contribution >= 4 is 17.3 Å². The second kappa shape index (κ2) is 10.8. The predicted octanol–water partition coefficient (Wildman–Crippen LogP) is 6.17. The second-order valence-electron chi connectivity index (χ2n) is 9.42. The van der Waals surface area contributed by atoms with E-state index in [1.54, 1.807) is 12.1 Å². The van der Waals surface area contributed by atoms with E-state index < -0.39 is 5.92 Å². The van der Waals surface area contributed by atoms with Crippen LogP contribution >= 0.6 is 0 Å². The molecule has 1 heterocycles. The van der Waals surface area contributed by atoms with E-state index in [2.05, 4.69) is 33.0 Å². The number of carbonyl (C=O) groups excluding carboxylic acids is 1. The van der Waals surface area contributed by atoms with Gasteiger partial charge in [-0.3, -0.25) is 9.80 Å². The van der Waals surface area contributed by atoms with Crippen LogP contribution in [0.15, 0.2) is 59.7 Å². The molecule has 3 rings (SSSR count). The quantitative estimate of drug-likeness (QED) is 0.452. The van der Waals surface area contributed by atoms with E-state index in [0.29, 0.717) is 12.3 Å². The molecule has 172 valence electrons. The van der Waals surface area contributed by atoms with Gasteiger partial charge in [-0.05, 0) is 54.5 Å². The van der Waals surface area contributed by atoms with Crippen LogP contribution in [0.2, 0.25) is 0 Å². The van der Waals surface area contributed by atoms with Crippen LogP contribution < -0.4 is 10.3 Å². The molecule has 0 aliphatic carbocycles. The molecule has 1 N–H and O–H groups in total. The average Bonchev–Trinajstić information content (AvgIpc) is 3.17. The van der Waals surface area contributed by atoms with Gasteiger partial charge in [0.15, 0.2) is 0 Å². The number of carbonyl (C=O) groups is 1. The Labute approximate surface area is 191 Å². The van der Waals surface area contributed by atoms with Gasteiger partial charge in [0.1, 0.15) is 11.7 Å². The molecule has 1 aliphatic heterocycles. The standard InChI is InChI=1S/C27H36FN3O/c1-5-11-23-24(26(32)29-19-10-18-27(3,4)6-2)25(20-14-16-21(28)17-15-20)30-31(23)22-12-8-7-9-13-22/h7-9,12-17,23-24H,5-6,10-11,18-19H2,1-4H3,(H,29,32). The third kappa shape index (κ3) is 5.76. The van der Waals surface area contributed by atoms with Gasteiger partial charge in [-0.1, -0.05) is 70.9 Å². The summed E-state index contributed by atoms with van der Waals surface area (Å²) in [6, 6.07) is 16.2. The summed E-state index contributed by atoms with van der Waals surface area (Å²) in [5, 5.41) is 10.1. The molecule has 2 aromatic rings. The van der Waals surface area contributed by atoms with Crippen molar-refractivity contribution in [1.29, 1.82) is 0 Å². The monoisotopic (exact) mass is 437 g/mol. The third-order valence-corrected chi connectivity index (χ3v) is 6.52. The van der Waals surface area contributed by atoms with Crippen molar-refractivity contribution in [1.82, 2.24) is 5.32 Å². The number of hydrazone groups is 1. The number of nitrogens with zero attached hydrogens (tertiary/aromatic N) is 2. The van der Waals surface area contributed by atoms with Crippen LogP contribution in [-0.2, 0) is 4.79 Å². The Kier molecular flexibility index (Phi) is 8.05. The van der Waals surface area contributed by atoms with Crippen molar-refractivity contribution in [2.75, 3.05) is 11.6 Å². The lowest BCUT2D eigenvalue weighted by molar-refractivity contribution is -0.123. The van der Waals surface area contributed by atoms with Crippen molar-refractivity contribution in [3.8, 4) is 0 Å². The third-order valence-electron chi connectivity index (χ3n) is 6.52. The molecule has 5 heteroatoms.